The fourth-order valence-electron chi connectivity index (χ4n) is 2.33. The van der Waals surface area contributed by atoms with Crippen LogP contribution in [0.15, 0.2) is 42.5 Å². The van der Waals surface area contributed by atoms with Gasteiger partial charge in [0.05, 0.1) is 26.9 Å². The lowest BCUT2D eigenvalue weighted by Gasteiger charge is -2.17. The molecule has 1 N–H and O–H groups in total. The molecule has 144 valence electrons. The maximum absolute atomic E-state index is 12.3. The van der Waals surface area contributed by atoms with E-state index in [1.807, 2.05) is 24.3 Å². The molecule has 0 spiro atoms. The van der Waals surface area contributed by atoms with Gasteiger partial charge < -0.3 is 24.3 Å². The zero-order chi connectivity index (χ0) is 19.8. The molecule has 0 aliphatic heterocycles. The third-order valence-corrected chi connectivity index (χ3v) is 3.88. The summed E-state index contributed by atoms with van der Waals surface area (Å²) in [4.78, 5) is 23.9. The molecule has 0 aliphatic rings. The van der Waals surface area contributed by atoms with Crippen molar-refractivity contribution in [3.63, 3.8) is 0 Å². The standard InChI is InChI=1S/C20H23NO6/c1-13(19(22)21-12-14-5-8-16(24-2)9-6-14)27-17-10-7-15(20(23)26-4)11-18(17)25-3/h5-11,13H,12H2,1-4H3,(H,21,22)/t13-/m1/s1. The molecule has 0 aliphatic carbocycles. The van der Waals surface area contributed by atoms with E-state index in [0.717, 1.165) is 11.3 Å². The molecule has 2 aromatic rings. The maximum Gasteiger partial charge on any atom is 0.337 e. The Hall–Kier alpha value is -3.22. The van der Waals surface area contributed by atoms with Crippen LogP contribution in [-0.4, -0.2) is 39.3 Å². The molecular weight excluding hydrogens is 350 g/mol. The highest BCUT2D eigenvalue weighted by Crippen LogP contribution is 2.29. The van der Waals surface area contributed by atoms with E-state index >= 15 is 0 Å². The monoisotopic (exact) mass is 373 g/mol. The Morgan fingerprint density at radius 1 is 0.963 bits per heavy atom. The number of rotatable bonds is 8. The number of methoxy groups -OCH3 is 3. The first kappa shape index (κ1) is 20.1. The second kappa shape index (κ2) is 9.47. The van der Waals surface area contributed by atoms with Crippen molar-refractivity contribution in [3.05, 3.63) is 53.6 Å². The lowest BCUT2D eigenvalue weighted by Crippen LogP contribution is -2.36. The summed E-state index contributed by atoms with van der Waals surface area (Å²) in [6.07, 6.45) is -0.749. The Morgan fingerprint density at radius 3 is 2.26 bits per heavy atom. The highest BCUT2D eigenvalue weighted by atomic mass is 16.5. The molecule has 0 heterocycles. The van der Waals surface area contributed by atoms with E-state index in [1.54, 1.807) is 26.2 Å². The van der Waals surface area contributed by atoms with Gasteiger partial charge in [0.1, 0.15) is 5.75 Å². The molecule has 27 heavy (non-hydrogen) atoms. The van der Waals surface area contributed by atoms with Gasteiger partial charge in [0.25, 0.3) is 5.91 Å². The maximum atomic E-state index is 12.3. The molecule has 1 atom stereocenters. The van der Waals surface area contributed by atoms with Crippen molar-refractivity contribution in [2.45, 2.75) is 19.6 Å². The summed E-state index contributed by atoms with van der Waals surface area (Å²) in [7, 11) is 4.36. The number of benzene rings is 2. The number of carbonyl (C=O) groups is 2. The molecule has 2 aromatic carbocycles. The minimum absolute atomic E-state index is 0.273. The summed E-state index contributed by atoms with van der Waals surface area (Å²) >= 11 is 0. The van der Waals surface area contributed by atoms with E-state index in [4.69, 9.17) is 14.2 Å². The summed E-state index contributed by atoms with van der Waals surface area (Å²) in [5.74, 6) is 0.698. The van der Waals surface area contributed by atoms with E-state index in [2.05, 4.69) is 10.1 Å². The molecular formula is C20H23NO6. The predicted octanol–water partition coefficient (Wildman–Crippen LogP) is 2.57. The average molecular weight is 373 g/mol. The van der Waals surface area contributed by atoms with Crippen molar-refractivity contribution >= 4 is 11.9 Å². The Balaban J connectivity index is 1.97. The quantitative estimate of drug-likeness (QED) is 0.716. The largest absolute Gasteiger partial charge is 0.497 e. The normalized spacial score (nSPS) is 11.3. The van der Waals surface area contributed by atoms with Crippen LogP contribution in [0.1, 0.15) is 22.8 Å². The molecule has 7 heteroatoms. The van der Waals surface area contributed by atoms with Crippen molar-refractivity contribution in [1.82, 2.24) is 5.32 Å². The summed E-state index contributed by atoms with van der Waals surface area (Å²) in [6.45, 7) is 2.01. The van der Waals surface area contributed by atoms with E-state index in [9.17, 15) is 9.59 Å². The highest BCUT2D eigenvalue weighted by molar-refractivity contribution is 5.90. The number of nitrogens with one attached hydrogen (secondary N) is 1. The van der Waals surface area contributed by atoms with Crippen LogP contribution in [0.5, 0.6) is 17.2 Å². The lowest BCUT2D eigenvalue weighted by molar-refractivity contribution is -0.127. The topological polar surface area (TPSA) is 83.1 Å². The first-order chi connectivity index (χ1) is 13.0. The zero-order valence-corrected chi connectivity index (χ0v) is 15.8. The Morgan fingerprint density at radius 2 is 1.67 bits per heavy atom. The average Bonchev–Trinajstić information content (AvgIpc) is 2.71. The number of amides is 1. The Kier molecular flexibility index (Phi) is 7.05. The smallest absolute Gasteiger partial charge is 0.337 e. The second-order valence-electron chi connectivity index (χ2n) is 5.68. The predicted molar refractivity (Wildman–Crippen MR) is 99.3 cm³/mol. The lowest BCUT2D eigenvalue weighted by atomic mass is 10.2. The number of ether oxygens (including phenoxy) is 4. The third kappa shape index (κ3) is 5.37. The summed E-state index contributed by atoms with van der Waals surface area (Å²) in [5.41, 5.74) is 1.27. The fourth-order valence-corrected chi connectivity index (χ4v) is 2.33. The molecule has 0 bridgehead atoms. The summed E-state index contributed by atoms with van der Waals surface area (Å²) in [6, 6.07) is 12.0. The SMILES string of the molecule is COC(=O)c1ccc(O[C@H](C)C(=O)NCc2ccc(OC)cc2)c(OC)c1. The molecule has 0 aromatic heterocycles. The number of hydrogen-bond donors (Lipinski definition) is 1. The van der Waals surface area contributed by atoms with Gasteiger partial charge in [-0.25, -0.2) is 4.79 Å². The molecule has 7 nitrogen and oxygen atoms in total. The molecule has 0 saturated carbocycles. The van der Waals surface area contributed by atoms with E-state index in [0.29, 0.717) is 23.6 Å². The molecule has 1 amide bonds. The van der Waals surface area contributed by atoms with Crippen molar-refractivity contribution in [2.75, 3.05) is 21.3 Å². The fraction of sp³-hybridized carbons (Fsp3) is 0.300. The van der Waals surface area contributed by atoms with Crippen LogP contribution in [0.3, 0.4) is 0 Å². The summed E-state index contributed by atoms with van der Waals surface area (Å²) in [5, 5.41) is 2.81. The van der Waals surface area contributed by atoms with Crippen molar-refractivity contribution in [3.8, 4) is 17.2 Å². The number of esters is 1. The van der Waals surface area contributed by atoms with Crippen LogP contribution in [0.4, 0.5) is 0 Å². The Labute approximate surface area is 158 Å². The van der Waals surface area contributed by atoms with Gasteiger partial charge in [0.15, 0.2) is 17.6 Å². The van der Waals surface area contributed by atoms with E-state index in [1.165, 1.54) is 20.3 Å². The minimum atomic E-state index is -0.749. The van der Waals surface area contributed by atoms with Gasteiger partial charge in [-0.15, -0.1) is 0 Å². The van der Waals surface area contributed by atoms with Crippen LogP contribution >= 0.6 is 0 Å². The molecule has 2 rings (SSSR count). The van der Waals surface area contributed by atoms with Crippen LogP contribution in [0.25, 0.3) is 0 Å². The van der Waals surface area contributed by atoms with Gasteiger partial charge in [-0.05, 0) is 42.8 Å². The first-order valence-electron chi connectivity index (χ1n) is 8.32. The van der Waals surface area contributed by atoms with E-state index < -0.39 is 12.1 Å². The van der Waals surface area contributed by atoms with E-state index in [-0.39, 0.29) is 5.91 Å². The number of hydrogen-bond acceptors (Lipinski definition) is 6. The summed E-state index contributed by atoms with van der Waals surface area (Å²) < 4.78 is 20.7. The van der Waals surface area contributed by atoms with Gasteiger partial charge in [-0.1, -0.05) is 12.1 Å². The van der Waals surface area contributed by atoms with Gasteiger partial charge in [-0.2, -0.15) is 0 Å². The van der Waals surface area contributed by atoms with Crippen molar-refractivity contribution in [1.29, 1.82) is 0 Å². The molecule has 0 radical (unpaired) electrons. The second-order valence-corrected chi connectivity index (χ2v) is 5.68. The Bertz CT molecular complexity index is 788. The van der Waals surface area contributed by atoms with Crippen LogP contribution in [0, 0.1) is 0 Å². The molecule has 0 unspecified atom stereocenters. The van der Waals surface area contributed by atoms with Crippen LogP contribution in [0.2, 0.25) is 0 Å². The highest BCUT2D eigenvalue weighted by Gasteiger charge is 2.18. The van der Waals surface area contributed by atoms with Crippen molar-refractivity contribution < 1.29 is 28.5 Å². The molecule has 0 saturated heterocycles. The van der Waals surface area contributed by atoms with Gasteiger partial charge in [0, 0.05) is 6.54 Å². The van der Waals surface area contributed by atoms with Gasteiger partial charge in [0.2, 0.25) is 0 Å². The minimum Gasteiger partial charge on any atom is -0.497 e. The third-order valence-electron chi connectivity index (χ3n) is 3.88. The van der Waals surface area contributed by atoms with Gasteiger partial charge in [-0.3, -0.25) is 4.79 Å². The molecule has 0 fully saturated rings. The van der Waals surface area contributed by atoms with Crippen LogP contribution < -0.4 is 19.5 Å². The van der Waals surface area contributed by atoms with Gasteiger partial charge >= 0.3 is 5.97 Å². The zero-order valence-electron chi connectivity index (χ0n) is 15.8. The van der Waals surface area contributed by atoms with Crippen molar-refractivity contribution in [2.24, 2.45) is 0 Å². The first-order valence-corrected chi connectivity index (χ1v) is 8.32. The number of carbonyl (C=O) groups excluding carboxylic acids is 2. The van der Waals surface area contributed by atoms with Crippen LogP contribution in [-0.2, 0) is 16.1 Å².